The van der Waals surface area contributed by atoms with Crippen LogP contribution in [0.2, 0.25) is 0 Å². The maximum absolute atomic E-state index is 4.64. The highest BCUT2D eigenvalue weighted by molar-refractivity contribution is 7.80. The lowest BCUT2D eigenvalue weighted by atomic mass is 10.1. The van der Waals surface area contributed by atoms with Crippen molar-refractivity contribution in [2.45, 2.75) is 35.5 Å². The van der Waals surface area contributed by atoms with E-state index in [4.69, 9.17) is 0 Å². The van der Waals surface area contributed by atoms with Gasteiger partial charge in [-0.15, -0.1) is 25.3 Å². The lowest BCUT2D eigenvalue weighted by Gasteiger charge is -2.13. The number of benzene rings is 4. The lowest BCUT2D eigenvalue weighted by Crippen LogP contribution is -2.05. The first kappa shape index (κ1) is 21.0. The number of rotatable bonds is 9. The molecule has 2 N–H and O–H groups in total. The highest BCUT2D eigenvalue weighted by Crippen LogP contribution is 2.31. The summed E-state index contributed by atoms with van der Waals surface area (Å²) in [5.41, 5.74) is 2.30. The zero-order valence-electron chi connectivity index (χ0n) is 17.1. The van der Waals surface area contributed by atoms with Gasteiger partial charge in [-0.2, -0.15) is 0 Å². The Morgan fingerprint density at radius 3 is 1.40 bits per heavy atom. The van der Waals surface area contributed by atoms with E-state index < -0.39 is 0 Å². The average molecular weight is 433 g/mol. The van der Waals surface area contributed by atoms with Crippen LogP contribution < -0.4 is 10.6 Å². The van der Waals surface area contributed by atoms with Gasteiger partial charge in [-0.1, -0.05) is 73.5 Å². The summed E-state index contributed by atoms with van der Waals surface area (Å²) in [6, 6.07) is 25.3. The molecule has 0 aliphatic heterocycles. The normalized spacial score (nSPS) is 11.1. The number of nitrogens with one attached hydrogen (secondary N) is 2. The molecule has 0 fully saturated rings. The monoisotopic (exact) mass is 432 g/mol. The van der Waals surface area contributed by atoms with Crippen molar-refractivity contribution in [3.05, 3.63) is 72.8 Å². The van der Waals surface area contributed by atoms with Crippen LogP contribution in [-0.4, -0.2) is 13.1 Å². The predicted molar refractivity (Wildman–Crippen MR) is 138 cm³/mol. The molecule has 0 aromatic heterocycles. The van der Waals surface area contributed by atoms with Gasteiger partial charge in [0, 0.05) is 33.7 Å². The third-order valence-corrected chi connectivity index (χ3v) is 6.27. The van der Waals surface area contributed by atoms with Crippen molar-refractivity contribution < 1.29 is 0 Å². The van der Waals surface area contributed by atoms with E-state index in [9.17, 15) is 0 Å². The first-order chi connectivity index (χ1) is 14.7. The van der Waals surface area contributed by atoms with Gasteiger partial charge < -0.3 is 10.6 Å². The zero-order valence-corrected chi connectivity index (χ0v) is 18.9. The Labute approximate surface area is 189 Å². The Bertz CT molecular complexity index is 1050. The van der Waals surface area contributed by atoms with E-state index in [-0.39, 0.29) is 0 Å². The fourth-order valence-electron chi connectivity index (χ4n) is 3.92. The second-order valence-corrected chi connectivity index (χ2v) is 8.59. The quantitative estimate of drug-likeness (QED) is 0.161. The van der Waals surface area contributed by atoms with Gasteiger partial charge in [0.1, 0.15) is 0 Å². The molecule has 4 rings (SSSR count). The van der Waals surface area contributed by atoms with Gasteiger partial charge in [-0.25, -0.2) is 0 Å². The van der Waals surface area contributed by atoms with Crippen LogP contribution in [0.5, 0.6) is 0 Å². The van der Waals surface area contributed by atoms with Crippen LogP contribution in [0.4, 0.5) is 11.4 Å². The topological polar surface area (TPSA) is 24.1 Å². The molecule has 0 radical (unpaired) electrons. The van der Waals surface area contributed by atoms with Gasteiger partial charge in [0.2, 0.25) is 0 Å². The van der Waals surface area contributed by atoms with Crippen molar-refractivity contribution in [2.24, 2.45) is 0 Å². The van der Waals surface area contributed by atoms with E-state index in [0.29, 0.717) is 0 Å². The lowest BCUT2D eigenvalue weighted by molar-refractivity contribution is 0.670. The van der Waals surface area contributed by atoms with Crippen molar-refractivity contribution in [2.75, 3.05) is 23.7 Å². The molecule has 0 saturated heterocycles. The average Bonchev–Trinajstić information content (AvgIpc) is 2.78. The number of fused-ring (bicyclic) bond motifs is 2. The Balaban J connectivity index is 1.21. The molecule has 4 heteroatoms. The summed E-state index contributed by atoms with van der Waals surface area (Å²) in [6.45, 7) is 1.94. The Morgan fingerprint density at radius 1 is 0.500 bits per heavy atom. The summed E-state index contributed by atoms with van der Waals surface area (Å²) >= 11 is 9.27. The molecule has 4 aromatic rings. The Kier molecular flexibility index (Phi) is 7.08. The van der Waals surface area contributed by atoms with Crippen molar-refractivity contribution >= 4 is 58.2 Å². The molecule has 2 nitrogen and oxygen atoms in total. The molecule has 30 heavy (non-hydrogen) atoms. The maximum atomic E-state index is 4.64. The van der Waals surface area contributed by atoms with Crippen LogP contribution in [0.15, 0.2) is 82.6 Å². The highest BCUT2D eigenvalue weighted by atomic mass is 32.1. The molecule has 0 saturated carbocycles. The van der Waals surface area contributed by atoms with Gasteiger partial charge in [0.15, 0.2) is 0 Å². The highest BCUT2D eigenvalue weighted by Gasteiger charge is 2.05. The number of hydrogen-bond acceptors (Lipinski definition) is 4. The third-order valence-electron chi connectivity index (χ3n) is 5.52. The molecule has 0 heterocycles. The van der Waals surface area contributed by atoms with Crippen LogP contribution in [0.1, 0.15) is 25.7 Å². The second kappa shape index (κ2) is 10.1. The molecule has 0 unspecified atom stereocenters. The number of thiol groups is 2. The van der Waals surface area contributed by atoms with Crippen molar-refractivity contribution in [1.29, 1.82) is 0 Å². The maximum Gasteiger partial charge on any atom is 0.0555 e. The number of hydrogen-bond donors (Lipinski definition) is 4. The Hall–Kier alpha value is -2.30. The summed E-state index contributed by atoms with van der Waals surface area (Å²) in [5, 5.41) is 12.2. The minimum absolute atomic E-state index is 0.971. The van der Waals surface area contributed by atoms with Crippen molar-refractivity contribution in [3.63, 3.8) is 0 Å². The molecular weight excluding hydrogens is 404 g/mol. The molecular formula is C26H28N2S2. The van der Waals surface area contributed by atoms with Gasteiger partial charge >= 0.3 is 0 Å². The summed E-state index contributed by atoms with van der Waals surface area (Å²) in [5.74, 6) is 0. The molecule has 0 aliphatic carbocycles. The second-order valence-electron chi connectivity index (χ2n) is 7.63. The standard InChI is InChI=1S/C26H28N2S2/c29-23-15-13-19-9-3-5-11-21(19)25(23)27-17-7-1-2-8-18-28-26-22-12-6-4-10-20(22)14-16-24(26)30/h3-6,9-16,27-30H,1-2,7-8,17-18H2. The predicted octanol–water partition coefficient (Wildman–Crippen LogP) is 7.65. The molecule has 0 aliphatic rings. The summed E-state index contributed by atoms with van der Waals surface area (Å²) in [7, 11) is 0. The van der Waals surface area contributed by atoms with Gasteiger partial charge in [-0.3, -0.25) is 0 Å². The Morgan fingerprint density at radius 2 is 0.933 bits per heavy atom. The molecule has 154 valence electrons. The van der Waals surface area contributed by atoms with Crippen molar-refractivity contribution in [3.8, 4) is 0 Å². The van der Waals surface area contributed by atoms with E-state index in [2.05, 4.69) is 109 Å². The number of unbranched alkanes of at least 4 members (excludes halogenated alkanes) is 3. The van der Waals surface area contributed by atoms with Gasteiger partial charge in [0.25, 0.3) is 0 Å². The van der Waals surface area contributed by atoms with E-state index in [1.165, 1.54) is 34.4 Å². The molecule has 0 bridgehead atoms. The molecule has 0 spiro atoms. The molecule has 4 aromatic carbocycles. The van der Waals surface area contributed by atoms with Crippen molar-refractivity contribution in [1.82, 2.24) is 0 Å². The van der Waals surface area contributed by atoms with Crippen LogP contribution in [0.3, 0.4) is 0 Å². The largest absolute Gasteiger partial charge is 0.384 e. The van der Waals surface area contributed by atoms with Gasteiger partial charge in [0.05, 0.1) is 11.4 Å². The fourth-order valence-corrected chi connectivity index (χ4v) is 4.47. The van der Waals surface area contributed by atoms with Crippen LogP contribution in [-0.2, 0) is 0 Å². The van der Waals surface area contributed by atoms with Crippen LogP contribution in [0.25, 0.3) is 21.5 Å². The first-order valence-corrected chi connectivity index (χ1v) is 11.5. The van der Waals surface area contributed by atoms with Crippen LogP contribution >= 0.6 is 25.3 Å². The van der Waals surface area contributed by atoms with E-state index in [0.717, 1.165) is 47.1 Å². The number of anilines is 2. The summed E-state index contributed by atoms with van der Waals surface area (Å²) < 4.78 is 0. The van der Waals surface area contributed by atoms with Crippen LogP contribution in [0, 0.1) is 0 Å². The molecule has 0 amide bonds. The summed E-state index contributed by atoms with van der Waals surface area (Å²) in [4.78, 5) is 2.02. The van der Waals surface area contributed by atoms with E-state index >= 15 is 0 Å². The van der Waals surface area contributed by atoms with E-state index in [1.807, 2.05) is 0 Å². The third kappa shape index (κ3) is 4.88. The van der Waals surface area contributed by atoms with E-state index in [1.54, 1.807) is 0 Å². The zero-order chi connectivity index (χ0) is 20.8. The smallest absolute Gasteiger partial charge is 0.0555 e. The minimum Gasteiger partial charge on any atom is -0.384 e. The summed E-state index contributed by atoms with van der Waals surface area (Å²) in [6.07, 6.45) is 4.74. The SMILES string of the molecule is Sc1ccc2ccccc2c1NCCCCCCNc1c(S)ccc2ccccc12. The first-order valence-electron chi connectivity index (χ1n) is 10.6. The fraction of sp³-hybridized carbons (Fsp3) is 0.231. The minimum atomic E-state index is 0.971. The molecule has 0 atom stereocenters. The van der Waals surface area contributed by atoms with Gasteiger partial charge in [-0.05, 0) is 35.7 Å².